The van der Waals surface area contributed by atoms with Gasteiger partial charge in [0.2, 0.25) is 0 Å². The van der Waals surface area contributed by atoms with Gasteiger partial charge >= 0.3 is 0 Å². The SMILES string of the molecule is COc1c(CCC2(N)CC2)cc(C)cc1C(F)F. The normalized spacial score (nSPS) is 17.0. The molecule has 4 heteroatoms. The molecule has 0 aromatic heterocycles. The second-order valence-electron chi connectivity index (χ2n) is 5.21. The lowest BCUT2D eigenvalue weighted by atomic mass is 9.98. The van der Waals surface area contributed by atoms with E-state index in [2.05, 4.69) is 0 Å². The molecule has 0 atom stereocenters. The molecule has 1 aromatic rings. The van der Waals surface area contributed by atoms with Gasteiger partial charge in [-0.3, -0.25) is 0 Å². The van der Waals surface area contributed by atoms with Gasteiger partial charge in [0.25, 0.3) is 6.43 Å². The topological polar surface area (TPSA) is 35.2 Å². The number of aryl methyl sites for hydroxylation is 2. The minimum absolute atomic E-state index is 0.0191. The number of hydrogen-bond acceptors (Lipinski definition) is 2. The maximum Gasteiger partial charge on any atom is 0.267 e. The van der Waals surface area contributed by atoms with E-state index in [4.69, 9.17) is 10.5 Å². The minimum atomic E-state index is -2.51. The Kier molecular flexibility index (Phi) is 3.57. The Morgan fingerprint density at radius 1 is 1.39 bits per heavy atom. The fourth-order valence-electron chi connectivity index (χ4n) is 2.27. The van der Waals surface area contributed by atoms with E-state index in [1.54, 1.807) is 0 Å². The first kappa shape index (κ1) is 13.3. The zero-order valence-electron chi connectivity index (χ0n) is 10.8. The Morgan fingerprint density at radius 2 is 2.06 bits per heavy atom. The first-order valence-corrected chi connectivity index (χ1v) is 6.20. The van der Waals surface area contributed by atoms with Gasteiger partial charge in [-0.05, 0) is 44.2 Å². The first-order chi connectivity index (χ1) is 8.45. The van der Waals surface area contributed by atoms with Crippen molar-refractivity contribution in [2.45, 2.75) is 44.6 Å². The largest absolute Gasteiger partial charge is 0.496 e. The summed E-state index contributed by atoms with van der Waals surface area (Å²) >= 11 is 0. The van der Waals surface area contributed by atoms with E-state index in [-0.39, 0.29) is 11.1 Å². The molecule has 2 N–H and O–H groups in total. The molecular formula is C14H19F2NO. The summed E-state index contributed by atoms with van der Waals surface area (Å²) in [5.41, 5.74) is 7.62. The Hall–Kier alpha value is -1.16. The van der Waals surface area contributed by atoms with Crippen molar-refractivity contribution < 1.29 is 13.5 Å². The zero-order valence-corrected chi connectivity index (χ0v) is 10.8. The van der Waals surface area contributed by atoms with Crippen molar-refractivity contribution in [3.8, 4) is 5.75 Å². The van der Waals surface area contributed by atoms with Crippen LogP contribution in [-0.4, -0.2) is 12.6 Å². The minimum Gasteiger partial charge on any atom is -0.496 e. The fraction of sp³-hybridized carbons (Fsp3) is 0.571. The highest BCUT2D eigenvalue weighted by molar-refractivity contribution is 5.45. The Balaban J connectivity index is 2.26. The zero-order chi connectivity index (χ0) is 13.3. The summed E-state index contributed by atoms with van der Waals surface area (Å²) < 4.78 is 31.1. The molecule has 0 bridgehead atoms. The lowest BCUT2D eigenvalue weighted by Crippen LogP contribution is -2.22. The number of rotatable bonds is 5. The summed E-state index contributed by atoms with van der Waals surface area (Å²) in [5.74, 6) is 0.319. The molecule has 0 heterocycles. The lowest BCUT2D eigenvalue weighted by molar-refractivity contribution is 0.146. The van der Waals surface area contributed by atoms with Crippen LogP contribution < -0.4 is 10.5 Å². The average Bonchev–Trinajstić information content (AvgIpc) is 3.04. The third-order valence-corrected chi connectivity index (χ3v) is 3.56. The van der Waals surface area contributed by atoms with Gasteiger partial charge in [0.05, 0.1) is 12.7 Å². The smallest absolute Gasteiger partial charge is 0.267 e. The Labute approximate surface area is 106 Å². The molecule has 0 spiro atoms. The van der Waals surface area contributed by atoms with Crippen LogP contribution in [0.5, 0.6) is 5.75 Å². The number of hydrogen-bond donors (Lipinski definition) is 1. The van der Waals surface area contributed by atoms with E-state index >= 15 is 0 Å². The van der Waals surface area contributed by atoms with E-state index < -0.39 is 6.43 Å². The van der Waals surface area contributed by atoms with Crippen molar-refractivity contribution in [2.24, 2.45) is 5.73 Å². The molecule has 0 radical (unpaired) electrons. The highest BCUT2D eigenvalue weighted by Crippen LogP contribution is 2.39. The summed E-state index contributed by atoms with van der Waals surface area (Å²) in [7, 11) is 1.44. The third-order valence-electron chi connectivity index (χ3n) is 3.56. The molecule has 1 saturated carbocycles. The highest BCUT2D eigenvalue weighted by atomic mass is 19.3. The molecule has 1 aromatic carbocycles. The van der Waals surface area contributed by atoms with Gasteiger partial charge in [0.15, 0.2) is 0 Å². The van der Waals surface area contributed by atoms with Crippen LogP contribution in [0.4, 0.5) is 8.78 Å². The monoisotopic (exact) mass is 255 g/mol. The summed E-state index contributed by atoms with van der Waals surface area (Å²) in [6.07, 6.45) is 1.08. The van der Waals surface area contributed by atoms with E-state index in [0.29, 0.717) is 12.2 Å². The number of nitrogens with two attached hydrogens (primary N) is 1. The molecule has 1 aliphatic carbocycles. The number of ether oxygens (including phenoxy) is 1. The van der Waals surface area contributed by atoms with Crippen LogP contribution in [0.2, 0.25) is 0 Å². The predicted molar refractivity (Wildman–Crippen MR) is 67.2 cm³/mol. The van der Waals surface area contributed by atoms with Crippen molar-refractivity contribution in [1.82, 2.24) is 0 Å². The van der Waals surface area contributed by atoms with Crippen LogP contribution in [0.15, 0.2) is 12.1 Å². The molecule has 1 aliphatic rings. The average molecular weight is 255 g/mol. The van der Waals surface area contributed by atoms with Crippen molar-refractivity contribution >= 4 is 0 Å². The molecule has 0 unspecified atom stereocenters. The van der Waals surface area contributed by atoms with Crippen molar-refractivity contribution in [3.63, 3.8) is 0 Å². The summed E-state index contributed by atoms with van der Waals surface area (Å²) in [6, 6.07) is 3.40. The number of benzene rings is 1. The predicted octanol–water partition coefficient (Wildman–Crippen LogP) is 3.37. The molecule has 0 amide bonds. The number of alkyl halides is 2. The van der Waals surface area contributed by atoms with Gasteiger partial charge in [0.1, 0.15) is 5.75 Å². The van der Waals surface area contributed by atoms with Crippen LogP contribution >= 0.6 is 0 Å². The lowest BCUT2D eigenvalue weighted by Gasteiger charge is -2.16. The van der Waals surface area contributed by atoms with Gasteiger partial charge in [-0.15, -0.1) is 0 Å². The molecule has 0 saturated heterocycles. The highest BCUT2D eigenvalue weighted by Gasteiger charge is 2.37. The first-order valence-electron chi connectivity index (χ1n) is 6.20. The summed E-state index contributed by atoms with van der Waals surface area (Å²) in [5, 5.41) is 0. The third kappa shape index (κ3) is 2.80. The quantitative estimate of drug-likeness (QED) is 0.875. The second kappa shape index (κ2) is 4.84. The molecule has 0 aliphatic heterocycles. The maximum atomic E-state index is 13.0. The van der Waals surface area contributed by atoms with Crippen molar-refractivity contribution in [3.05, 3.63) is 28.8 Å². The van der Waals surface area contributed by atoms with Crippen LogP contribution in [0.3, 0.4) is 0 Å². The number of halogens is 2. The fourth-order valence-corrected chi connectivity index (χ4v) is 2.27. The summed E-state index contributed by atoms with van der Waals surface area (Å²) in [6.45, 7) is 1.82. The van der Waals surface area contributed by atoms with E-state index in [0.717, 1.165) is 30.4 Å². The molecule has 18 heavy (non-hydrogen) atoms. The Morgan fingerprint density at radius 3 is 2.56 bits per heavy atom. The van der Waals surface area contributed by atoms with E-state index in [9.17, 15) is 8.78 Å². The molecule has 100 valence electrons. The van der Waals surface area contributed by atoms with Crippen molar-refractivity contribution in [2.75, 3.05) is 7.11 Å². The van der Waals surface area contributed by atoms with E-state index in [1.807, 2.05) is 13.0 Å². The van der Waals surface area contributed by atoms with Gasteiger partial charge in [0, 0.05) is 5.54 Å². The maximum absolute atomic E-state index is 13.0. The van der Waals surface area contributed by atoms with Crippen LogP contribution in [0.1, 0.15) is 42.4 Å². The van der Waals surface area contributed by atoms with Crippen molar-refractivity contribution in [1.29, 1.82) is 0 Å². The standard InChI is InChI=1S/C14H19F2NO/c1-9-7-10(3-4-14(17)5-6-14)12(18-2)11(8-9)13(15)16/h7-8,13H,3-6,17H2,1-2H3. The van der Waals surface area contributed by atoms with Crippen LogP contribution in [0, 0.1) is 6.92 Å². The summed E-state index contributed by atoms with van der Waals surface area (Å²) in [4.78, 5) is 0. The second-order valence-corrected chi connectivity index (χ2v) is 5.21. The van der Waals surface area contributed by atoms with Gasteiger partial charge in [-0.2, -0.15) is 0 Å². The van der Waals surface area contributed by atoms with Crippen LogP contribution in [-0.2, 0) is 6.42 Å². The van der Waals surface area contributed by atoms with Crippen LogP contribution in [0.25, 0.3) is 0 Å². The van der Waals surface area contributed by atoms with Gasteiger partial charge < -0.3 is 10.5 Å². The molecule has 2 nitrogen and oxygen atoms in total. The molecule has 1 fully saturated rings. The number of methoxy groups -OCH3 is 1. The molecular weight excluding hydrogens is 236 g/mol. The Bertz CT molecular complexity index is 442. The molecule has 2 rings (SSSR count). The van der Waals surface area contributed by atoms with Gasteiger partial charge in [-0.1, -0.05) is 11.6 Å². The van der Waals surface area contributed by atoms with Gasteiger partial charge in [-0.25, -0.2) is 8.78 Å². The van der Waals surface area contributed by atoms with E-state index in [1.165, 1.54) is 13.2 Å².